The summed E-state index contributed by atoms with van der Waals surface area (Å²) < 4.78 is 29.4. The third-order valence-corrected chi connectivity index (χ3v) is 4.17. The van der Waals surface area contributed by atoms with Gasteiger partial charge in [-0.05, 0) is 57.0 Å². The maximum Gasteiger partial charge on any atom is 0.276 e. The smallest absolute Gasteiger partial charge is 0.276 e. The standard InChI is InChI=1S/C14H18N2O3S/c1-3-19-13-6-8-14(9-7-13)20(17,18)16-15-12-5-4-11(2)10-12/h6-10,16H,3-5H2,1-2H3/b15-12-. The van der Waals surface area contributed by atoms with Crippen LogP contribution in [0.25, 0.3) is 0 Å². The minimum absolute atomic E-state index is 0.170. The number of hydrogen-bond donors (Lipinski definition) is 1. The number of nitrogens with one attached hydrogen (secondary N) is 1. The molecule has 0 aromatic heterocycles. The van der Waals surface area contributed by atoms with Gasteiger partial charge in [0.25, 0.3) is 10.0 Å². The van der Waals surface area contributed by atoms with Gasteiger partial charge in [0.15, 0.2) is 0 Å². The highest BCUT2D eigenvalue weighted by Gasteiger charge is 2.14. The molecule has 1 aromatic carbocycles. The first-order chi connectivity index (χ1) is 9.51. The predicted molar refractivity (Wildman–Crippen MR) is 78.4 cm³/mol. The van der Waals surface area contributed by atoms with Gasteiger partial charge >= 0.3 is 0 Å². The normalized spacial score (nSPS) is 17.1. The molecule has 0 atom stereocenters. The zero-order valence-corrected chi connectivity index (χ0v) is 12.4. The number of hydrogen-bond acceptors (Lipinski definition) is 4. The van der Waals surface area contributed by atoms with Crippen molar-refractivity contribution in [1.82, 2.24) is 4.83 Å². The van der Waals surface area contributed by atoms with Crippen molar-refractivity contribution in [3.63, 3.8) is 0 Å². The Labute approximate surface area is 119 Å². The van der Waals surface area contributed by atoms with E-state index in [-0.39, 0.29) is 4.90 Å². The van der Waals surface area contributed by atoms with Crippen molar-refractivity contribution < 1.29 is 13.2 Å². The molecule has 1 aliphatic carbocycles. The first-order valence-corrected chi connectivity index (χ1v) is 7.98. The molecule has 1 aliphatic rings. The number of ether oxygens (including phenoxy) is 1. The zero-order valence-electron chi connectivity index (χ0n) is 11.6. The molecule has 0 unspecified atom stereocenters. The van der Waals surface area contributed by atoms with Crippen molar-refractivity contribution in [3.05, 3.63) is 35.9 Å². The third kappa shape index (κ3) is 3.60. The van der Waals surface area contributed by atoms with E-state index in [1.165, 1.54) is 17.7 Å². The number of hydrazone groups is 1. The number of allylic oxidation sites excluding steroid dienone is 2. The van der Waals surface area contributed by atoms with Crippen LogP contribution in [-0.2, 0) is 10.0 Å². The van der Waals surface area contributed by atoms with E-state index >= 15 is 0 Å². The molecule has 0 heterocycles. The molecule has 6 heteroatoms. The summed E-state index contributed by atoms with van der Waals surface area (Å²) in [5, 5.41) is 3.95. The number of benzene rings is 1. The van der Waals surface area contributed by atoms with Crippen LogP contribution in [-0.4, -0.2) is 20.7 Å². The molecular weight excluding hydrogens is 276 g/mol. The van der Waals surface area contributed by atoms with Crippen LogP contribution in [0.3, 0.4) is 0 Å². The van der Waals surface area contributed by atoms with E-state index in [2.05, 4.69) is 9.93 Å². The Balaban J connectivity index is 2.10. The first-order valence-electron chi connectivity index (χ1n) is 6.49. The first kappa shape index (κ1) is 14.6. The van der Waals surface area contributed by atoms with Crippen molar-refractivity contribution in [2.75, 3.05) is 6.61 Å². The quantitative estimate of drug-likeness (QED) is 0.848. The highest BCUT2D eigenvalue weighted by Crippen LogP contribution is 2.17. The number of sulfonamides is 1. The van der Waals surface area contributed by atoms with E-state index < -0.39 is 10.0 Å². The average Bonchev–Trinajstić information content (AvgIpc) is 2.84. The summed E-state index contributed by atoms with van der Waals surface area (Å²) >= 11 is 0. The lowest BCUT2D eigenvalue weighted by atomic mass is 10.3. The fourth-order valence-electron chi connectivity index (χ4n) is 1.90. The average molecular weight is 294 g/mol. The second-order valence-corrected chi connectivity index (χ2v) is 6.25. The van der Waals surface area contributed by atoms with E-state index in [0.717, 1.165) is 18.6 Å². The van der Waals surface area contributed by atoms with Gasteiger partial charge in [-0.1, -0.05) is 5.57 Å². The molecule has 0 saturated heterocycles. The van der Waals surface area contributed by atoms with Crippen molar-refractivity contribution >= 4 is 15.7 Å². The molecule has 1 N–H and O–H groups in total. The highest BCUT2D eigenvalue weighted by atomic mass is 32.2. The van der Waals surface area contributed by atoms with Crippen LogP contribution in [0.1, 0.15) is 26.7 Å². The van der Waals surface area contributed by atoms with E-state index in [4.69, 9.17) is 4.74 Å². The third-order valence-electron chi connectivity index (χ3n) is 2.94. The largest absolute Gasteiger partial charge is 0.494 e. The van der Waals surface area contributed by atoms with Crippen molar-refractivity contribution in [3.8, 4) is 5.75 Å². The maximum absolute atomic E-state index is 12.1. The van der Waals surface area contributed by atoms with Crippen LogP contribution in [0.15, 0.2) is 45.9 Å². The van der Waals surface area contributed by atoms with Gasteiger partial charge in [-0.2, -0.15) is 18.4 Å². The second kappa shape index (κ2) is 6.09. The SMILES string of the molecule is CCOc1ccc(S(=O)(=O)N/N=C2\C=C(C)CC2)cc1. The topological polar surface area (TPSA) is 67.8 Å². The molecule has 0 bridgehead atoms. The van der Waals surface area contributed by atoms with Gasteiger partial charge in [0, 0.05) is 0 Å². The summed E-state index contributed by atoms with van der Waals surface area (Å²) in [6.45, 7) is 4.42. The van der Waals surface area contributed by atoms with Gasteiger partial charge in [0.2, 0.25) is 0 Å². The molecular formula is C14H18N2O3S. The van der Waals surface area contributed by atoms with Crippen LogP contribution in [0.2, 0.25) is 0 Å². The molecule has 0 fully saturated rings. The maximum atomic E-state index is 12.1. The lowest BCUT2D eigenvalue weighted by Gasteiger charge is -2.06. The molecule has 2 rings (SSSR count). The van der Waals surface area contributed by atoms with E-state index in [1.54, 1.807) is 12.1 Å². The van der Waals surface area contributed by atoms with E-state index in [0.29, 0.717) is 12.4 Å². The lowest BCUT2D eigenvalue weighted by Crippen LogP contribution is -2.19. The van der Waals surface area contributed by atoms with Gasteiger partial charge < -0.3 is 4.74 Å². The Kier molecular flexibility index (Phi) is 4.44. The van der Waals surface area contributed by atoms with E-state index in [9.17, 15) is 8.42 Å². The Bertz CT molecular complexity index is 631. The molecule has 20 heavy (non-hydrogen) atoms. The van der Waals surface area contributed by atoms with Crippen LogP contribution in [0.4, 0.5) is 0 Å². The van der Waals surface area contributed by atoms with Gasteiger partial charge in [0.05, 0.1) is 17.2 Å². The summed E-state index contributed by atoms with van der Waals surface area (Å²) in [5.74, 6) is 0.645. The molecule has 0 radical (unpaired) electrons. The molecule has 0 saturated carbocycles. The second-order valence-electron chi connectivity index (χ2n) is 4.59. The lowest BCUT2D eigenvalue weighted by molar-refractivity contribution is 0.340. The van der Waals surface area contributed by atoms with Crippen LogP contribution >= 0.6 is 0 Å². The number of rotatable bonds is 5. The molecule has 0 spiro atoms. The van der Waals surface area contributed by atoms with Crippen molar-refractivity contribution in [2.45, 2.75) is 31.6 Å². The Morgan fingerprint density at radius 2 is 1.95 bits per heavy atom. The summed E-state index contributed by atoms with van der Waals surface area (Å²) in [4.78, 5) is 2.43. The highest BCUT2D eigenvalue weighted by molar-refractivity contribution is 7.89. The molecule has 0 aliphatic heterocycles. The number of nitrogens with zero attached hydrogens (tertiary/aromatic N) is 1. The van der Waals surface area contributed by atoms with Crippen molar-refractivity contribution in [1.29, 1.82) is 0 Å². The van der Waals surface area contributed by atoms with Gasteiger partial charge in [-0.15, -0.1) is 0 Å². The van der Waals surface area contributed by atoms with Gasteiger partial charge in [-0.3, -0.25) is 0 Å². The Morgan fingerprint density at radius 3 is 2.50 bits per heavy atom. The zero-order chi connectivity index (χ0) is 14.6. The minimum atomic E-state index is -3.62. The van der Waals surface area contributed by atoms with Gasteiger partial charge in [0.1, 0.15) is 5.75 Å². The predicted octanol–water partition coefficient (Wildman–Crippen LogP) is 2.46. The fraction of sp³-hybridized carbons (Fsp3) is 0.357. The molecule has 0 amide bonds. The van der Waals surface area contributed by atoms with Crippen LogP contribution in [0.5, 0.6) is 5.75 Å². The summed E-state index contributed by atoms with van der Waals surface area (Å²) in [7, 11) is -3.62. The fourth-order valence-corrected chi connectivity index (χ4v) is 2.73. The Morgan fingerprint density at radius 1 is 1.25 bits per heavy atom. The summed E-state index contributed by atoms with van der Waals surface area (Å²) in [6.07, 6.45) is 3.61. The minimum Gasteiger partial charge on any atom is -0.494 e. The molecule has 5 nitrogen and oxygen atoms in total. The summed E-state index contributed by atoms with van der Waals surface area (Å²) in [6, 6.07) is 6.27. The van der Waals surface area contributed by atoms with Crippen LogP contribution < -0.4 is 9.57 Å². The molecule has 108 valence electrons. The molecule has 1 aromatic rings. The summed E-state index contributed by atoms with van der Waals surface area (Å²) in [5.41, 5.74) is 1.97. The van der Waals surface area contributed by atoms with Gasteiger partial charge in [-0.25, -0.2) is 0 Å². The van der Waals surface area contributed by atoms with Crippen LogP contribution in [0, 0.1) is 0 Å². The van der Waals surface area contributed by atoms with E-state index in [1.807, 2.05) is 19.9 Å². The Hall–Kier alpha value is -1.82. The van der Waals surface area contributed by atoms with Crippen molar-refractivity contribution in [2.24, 2.45) is 5.10 Å². The monoisotopic (exact) mass is 294 g/mol.